The van der Waals surface area contributed by atoms with Gasteiger partial charge in [0.15, 0.2) is 0 Å². The van der Waals surface area contributed by atoms with Gasteiger partial charge in [0, 0.05) is 12.1 Å². The zero-order valence-electron chi connectivity index (χ0n) is 7.43. The molecule has 0 radical (unpaired) electrons. The summed E-state index contributed by atoms with van der Waals surface area (Å²) in [5, 5.41) is 0. The van der Waals surface area contributed by atoms with Gasteiger partial charge in [-0.2, -0.15) is 0 Å². The maximum Gasteiger partial charge on any atom is 0.140 e. The van der Waals surface area contributed by atoms with Gasteiger partial charge in [0.2, 0.25) is 0 Å². The van der Waals surface area contributed by atoms with Crippen molar-refractivity contribution in [1.29, 1.82) is 0 Å². The summed E-state index contributed by atoms with van der Waals surface area (Å²) in [6, 6.07) is 2.61. The topological polar surface area (TPSA) is 18.5 Å². The molecule has 0 unspecified atom stereocenters. The van der Waals surface area contributed by atoms with Crippen LogP contribution in [0.5, 0.6) is 11.5 Å². The van der Waals surface area contributed by atoms with E-state index in [0.29, 0.717) is 22.6 Å². The zero-order chi connectivity index (χ0) is 9.84. The molecular formula is C9H10BrFO2. The molecule has 0 atom stereocenters. The highest BCUT2D eigenvalue weighted by Crippen LogP contribution is 2.35. The smallest absolute Gasteiger partial charge is 0.140 e. The molecule has 0 fully saturated rings. The van der Waals surface area contributed by atoms with Gasteiger partial charge in [-0.25, -0.2) is 4.39 Å². The molecule has 72 valence electrons. The molecule has 0 N–H and O–H groups in total. The molecule has 0 bridgehead atoms. The molecule has 0 spiro atoms. The van der Waals surface area contributed by atoms with Crippen molar-refractivity contribution >= 4 is 15.9 Å². The van der Waals surface area contributed by atoms with Gasteiger partial charge in [0.25, 0.3) is 0 Å². The maximum atomic E-state index is 12.9. The van der Waals surface area contributed by atoms with Gasteiger partial charge in [-0.15, -0.1) is 0 Å². The van der Waals surface area contributed by atoms with E-state index in [4.69, 9.17) is 9.47 Å². The summed E-state index contributed by atoms with van der Waals surface area (Å²) in [6.07, 6.45) is 0. The molecule has 0 amide bonds. The van der Waals surface area contributed by atoms with Crippen molar-refractivity contribution in [3.63, 3.8) is 0 Å². The molecular weight excluding hydrogens is 239 g/mol. The van der Waals surface area contributed by atoms with Gasteiger partial charge in [0.05, 0.1) is 13.7 Å². The van der Waals surface area contributed by atoms with Crippen LogP contribution in [0, 0.1) is 5.82 Å². The highest BCUT2D eigenvalue weighted by atomic mass is 79.9. The highest BCUT2D eigenvalue weighted by molar-refractivity contribution is 9.10. The van der Waals surface area contributed by atoms with Crippen molar-refractivity contribution in [2.24, 2.45) is 0 Å². The van der Waals surface area contributed by atoms with Crippen molar-refractivity contribution in [2.75, 3.05) is 13.7 Å². The Balaban J connectivity index is 3.11. The Labute approximate surface area is 84.8 Å². The Kier molecular flexibility index (Phi) is 3.54. The number of hydrogen-bond acceptors (Lipinski definition) is 2. The molecule has 2 nitrogen and oxygen atoms in total. The first-order chi connectivity index (χ1) is 6.19. The monoisotopic (exact) mass is 248 g/mol. The lowest BCUT2D eigenvalue weighted by Crippen LogP contribution is -1.95. The number of halogens is 2. The Morgan fingerprint density at radius 3 is 2.54 bits per heavy atom. The lowest BCUT2D eigenvalue weighted by molar-refractivity contribution is 0.330. The summed E-state index contributed by atoms with van der Waals surface area (Å²) in [5.74, 6) is 0.520. The molecule has 0 aliphatic rings. The molecule has 0 aliphatic carbocycles. The first kappa shape index (κ1) is 10.3. The first-order valence-corrected chi connectivity index (χ1v) is 4.64. The van der Waals surface area contributed by atoms with E-state index in [-0.39, 0.29) is 5.82 Å². The zero-order valence-corrected chi connectivity index (χ0v) is 9.02. The van der Waals surface area contributed by atoms with Crippen LogP contribution in [0.3, 0.4) is 0 Å². The average molecular weight is 249 g/mol. The van der Waals surface area contributed by atoms with Crippen LogP contribution in [0.2, 0.25) is 0 Å². The molecule has 1 aromatic rings. The molecule has 1 aromatic carbocycles. The summed E-state index contributed by atoms with van der Waals surface area (Å²) in [4.78, 5) is 0. The van der Waals surface area contributed by atoms with E-state index >= 15 is 0 Å². The summed E-state index contributed by atoms with van der Waals surface area (Å²) in [5.41, 5.74) is 0. The second-order valence-electron chi connectivity index (χ2n) is 2.35. The molecule has 0 heterocycles. The molecule has 0 saturated carbocycles. The van der Waals surface area contributed by atoms with Crippen LogP contribution < -0.4 is 9.47 Å². The Hall–Kier alpha value is -0.770. The fraction of sp³-hybridized carbons (Fsp3) is 0.333. The Bertz CT molecular complexity index is 302. The van der Waals surface area contributed by atoms with Crippen molar-refractivity contribution in [2.45, 2.75) is 6.92 Å². The molecule has 1 rings (SSSR count). The predicted molar refractivity (Wildman–Crippen MR) is 51.8 cm³/mol. The van der Waals surface area contributed by atoms with E-state index in [2.05, 4.69) is 15.9 Å². The molecule has 0 saturated heterocycles. The van der Waals surface area contributed by atoms with Crippen molar-refractivity contribution in [3.05, 3.63) is 22.4 Å². The van der Waals surface area contributed by atoms with Crippen LogP contribution in [0.1, 0.15) is 6.92 Å². The van der Waals surface area contributed by atoms with Crippen LogP contribution in [0.25, 0.3) is 0 Å². The number of methoxy groups -OCH3 is 1. The average Bonchev–Trinajstić information content (AvgIpc) is 2.11. The van der Waals surface area contributed by atoms with Crippen LogP contribution in [-0.2, 0) is 0 Å². The summed E-state index contributed by atoms with van der Waals surface area (Å²) < 4.78 is 23.7. The minimum atomic E-state index is -0.372. The third-order valence-corrected chi connectivity index (χ3v) is 2.27. The van der Waals surface area contributed by atoms with E-state index < -0.39 is 0 Å². The van der Waals surface area contributed by atoms with Crippen molar-refractivity contribution < 1.29 is 13.9 Å². The SMILES string of the molecule is CCOc1cc(F)cc(OC)c1Br. The second kappa shape index (κ2) is 4.46. The third kappa shape index (κ3) is 2.34. The maximum absolute atomic E-state index is 12.9. The largest absolute Gasteiger partial charge is 0.495 e. The van der Waals surface area contributed by atoms with Crippen LogP contribution in [0.15, 0.2) is 16.6 Å². The normalized spacial score (nSPS) is 9.85. The van der Waals surface area contributed by atoms with E-state index in [1.807, 2.05) is 6.92 Å². The highest BCUT2D eigenvalue weighted by Gasteiger charge is 2.09. The quantitative estimate of drug-likeness (QED) is 0.819. The van der Waals surface area contributed by atoms with Gasteiger partial charge in [-0.05, 0) is 22.9 Å². The first-order valence-electron chi connectivity index (χ1n) is 3.84. The molecule has 13 heavy (non-hydrogen) atoms. The summed E-state index contributed by atoms with van der Waals surface area (Å²) >= 11 is 3.26. The van der Waals surface area contributed by atoms with Crippen LogP contribution >= 0.6 is 15.9 Å². The number of benzene rings is 1. The Morgan fingerprint density at radius 2 is 2.00 bits per heavy atom. The standard InChI is InChI=1S/C9H10BrFO2/c1-3-13-8-5-6(11)4-7(12-2)9(8)10/h4-5H,3H2,1-2H3. The second-order valence-corrected chi connectivity index (χ2v) is 3.15. The third-order valence-electron chi connectivity index (χ3n) is 1.49. The molecule has 4 heteroatoms. The Morgan fingerprint density at radius 1 is 1.38 bits per heavy atom. The lowest BCUT2D eigenvalue weighted by atomic mass is 10.3. The fourth-order valence-electron chi connectivity index (χ4n) is 0.949. The van der Waals surface area contributed by atoms with Crippen LogP contribution in [-0.4, -0.2) is 13.7 Å². The predicted octanol–water partition coefficient (Wildman–Crippen LogP) is 3.00. The van der Waals surface area contributed by atoms with Gasteiger partial charge in [0.1, 0.15) is 21.8 Å². The van der Waals surface area contributed by atoms with E-state index in [9.17, 15) is 4.39 Å². The fourth-order valence-corrected chi connectivity index (χ4v) is 1.45. The van der Waals surface area contributed by atoms with Crippen LogP contribution in [0.4, 0.5) is 4.39 Å². The molecule has 0 aromatic heterocycles. The molecule has 0 aliphatic heterocycles. The van der Waals surface area contributed by atoms with Gasteiger partial charge >= 0.3 is 0 Å². The number of ether oxygens (including phenoxy) is 2. The number of hydrogen-bond donors (Lipinski definition) is 0. The minimum absolute atomic E-state index is 0.372. The van der Waals surface area contributed by atoms with Gasteiger partial charge in [-0.3, -0.25) is 0 Å². The van der Waals surface area contributed by atoms with Gasteiger partial charge < -0.3 is 9.47 Å². The van der Waals surface area contributed by atoms with Crippen molar-refractivity contribution in [3.8, 4) is 11.5 Å². The van der Waals surface area contributed by atoms with E-state index in [1.165, 1.54) is 19.2 Å². The minimum Gasteiger partial charge on any atom is -0.495 e. The van der Waals surface area contributed by atoms with E-state index in [1.54, 1.807) is 0 Å². The summed E-state index contributed by atoms with van der Waals surface area (Å²) in [6.45, 7) is 2.33. The number of rotatable bonds is 3. The van der Waals surface area contributed by atoms with E-state index in [0.717, 1.165) is 0 Å². The summed E-state index contributed by atoms with van der Waals surface area (Å²) in [7, 11) is 1.48. The van der Waals surface area contributed by atoms with Crippen molar-refractivity contribution in [1.82, 2.24) is 0 Å². The van der Waals surface area contributed by atoms with Gasteiger partial charge in [-0.1, -0.05) is 0 Å². The lowest BCUT2D eigenvalue weighted by Gasteiger charge is -2.09.